The van der Waals surface area contributed by atoms with E-state index in [0.717, 1.165) is 11.1 Å². The highest BCUT2D eigenvalue weighted by atomic mass is 16.5. The Bertz CT molecular complexity index is 829. The Morgan fingerprint density at radius 2 is 2.04 bits per heavy atom. The third-order valence-electron chi connectivity index (χ3n) is 4.74. The smallest absolute Gasteiger partial charge is 0.342 e. The van der Waals surface area contributed by atoms with Crippen molar-refractivity contribution in [3.8, 4) is 11.5 Å². The third-order valence-corrected chi connectivity index (χ3v) is 4.74. The maximum absolute atomic E-state index is 11.9. The molecule has 8 heteroatoms. The first-order valence-corrected chi connectivity index (χ1v) is 9.05. The first-order chi connectivity index (χ1) is 13.3. The van der Waals surface area contributed by atoms with E-state index in [1.165, 1.54) is 7.11 Å². The van der Waals surface area contributed by atoms with Crippen LogP contribution >= 0.6 is 0 Å². The highest BCUT2D eigenvalue weighted by Crippen LogP contribution is 2.42. The van der Waals surface area contributed by atoms with Crippen molar-refractivity contribution in [1.29, 1.82) is 0 Å². The number of benzene rings is 1. The van der Waals surface area contributed by atoms with Crippen LogP contribution in [0.1, 0.15) is 53.2 Å². The molecule has 0 saturated heterocycles. The van der Waals surface area contributed by atoms with E-state index in [-0.39, 0.29) is 43.2 Å². The number of carbonyl (C=O) groups excluding carboxylic acids is 3. The number of esters is 1. The summed E-state index contributed by atoms with van der Waals surface area (Å²) in [6.07, 6.45) is 3.16. The lowest BCUT2D eigenvalue weighted by Gasteiger charge is -2.15. The summed E-state index contributed by atoms with van der Waals surface area (Å²) in [5.74, 6) is -0.743. The van der Waals surface area contributed by atoms with Crippen LogP contribution in [-0.4, -0.2) is 36.5 Å². The molecule has 1 aromatic rings. The van der Waals surface area contributed by atoms with Crippen LogP contribution in [0, 0.1) is 6.92 Å². The van der Waals surface area contributed by atoms with Gasteiger partial charge in [0.2, 0.25) is 11.8 Å². The zero-order chi connectivity index (χ0) is 20.8. The van der Waals surface area contributed by atoms with Crippen molar-refractivity contribution < 1.29 is 29.0 Å². The van der Waals surface area contributed by atoms with Gasteiger partial charge in [0.05, 0.1) is 7.11 Å². The van der Waals surface area contributed by atoms with Gasteiger partial charge >= 0.3 is 5.97 Å². The summed E-state index contributed by atoms with van der Waals surface area (Å²) < 4.78 is 10.5. The average Bonchev–Trinajstić information content (AvgIpc) is 3.03. The van der Waals surface area contributed by atoms with Gasteiger partial charge in [-0.2, -0.15) is 0 Å². The lowest BCUT2D eigenvalue weighted by Crippen LogP contribution is -2.27. The van der Waals surface area contributed by atoms with Crippen molar-refractivity contribution in [2.45, 2.75) is 46.1 Å². The Labute approximate surface area is 163 Å². The fraction of sp³-hybridized carbons (Fsp3) is 0.450. The summed E-state index contributed by atoms with van der Waals surface area (Å²) in [5.41, 5.74) is 8.12. The number of cyclic esters (lactones) is 1. The molecule has 0 aliphatic carbocycles. The number of methoxy groups -OCH3 is 1. The molecule has 2 amide bonds. The molecule has 0 bridgehead atoms. The molecule has 0 atom stereocenters. The minimum atomic E-state index is -0.534. The van der Waals surface area contributed by atoms with Crippen LogP contribution in [-0.2, 0) is 27.4 Å². The summed E-state index contributed by atoms with van der Waals surface area (Å²) in [4.78, 5) is 34.4. The van der Waals surface area contributed by atoms with Gasteiger partial charge in [0, 0.05) is 30.5 Å². The minimum absolute atomic E-state index is 0.111. The van der Waals surface area contributed by atoms with E-state index >= 15 is 0 Å². The number of hydrogen-bond donors (Lipinski definition) is 3. The predicted molar refractivity (Wildman–Crippen MR) is 102 cm³/mol. The summed E-state index contributed by atoms with van der Waals surface area (Å²) in [7, 11) is 1.52. The van der Waals surface area contributed by atoms with Gasteiger partial charge in [-0.25, -0.2) is 4.79 Å². The maximum Gasteiger partial charge on any atom is 0.342 e. The minimum Gasteiger partial charge on any atom is -0.507 e. The number of carbonyl (C=O) groups is 3. The van der Waals surface area contributed by atoms with E-state index in [1.54, 1.807) is 0 Å². The molecule has 1 aliphatic rings. The van der Waals surface area contributed by atoms with Crippen LogP contribution in [0.2, 0.25) is 0 Å². The summed E-state index contributed by atoms with van der Waals surface area (Å²) in [5, 5.41) is 13.2. The van der Waals surface area contributed by atoms with E-state index in [2.05, 4.69) is 5.32 Å². The zero-order valence-corrected chi connectivity index (χ0v) is 16.4. The van der Waals surface area contributed by atoms with E-state index in [1.807, 2.05) is 19.9 Å². The van der Waals surface area contributed by atoms with Crippen molar-refractivity contribution in [3.05, 3.63) is 33.9 Å². The average molecular weight is 390 g/mol. The summed E-state index contributed by atoms with van der Waals surface area (Å²) in [6.45, 7) is 4.07. The molecule has 28 heavy (non-hydrogen) atoms. The highest BCUT2D eigenvalue weighted by molar-refractivity contribution is 5.98. The van der Waals surface area contributed by atoms with Crippen LogP contribution in [0.5, 0.6) is 11.5 Å². The lowest BCUT2D eigenvalue weighted by atomic mass is 9.94. The Morgan fingerprint density at radius 3 is 2.68 bits per heavy atom. The fourth-order valence-electron chi connectivity index (χ4n) is 3.13. The molecular weight excluding hydrogens is 364 g/mol. The fourth-order valence-corrected chi connectivity index (χ4v) is 3.13. The van der Waals surface area contributed by atoms with E-state index in [0.29, 0.717) is 29.7 Å². The second-order valence-electron chi connectivity index (χ2n) is 6.74. The molecular formula is C20H26N2O6. The second kappa shape index (κ2) is 9.25. The molecule has 0 spiro atoms. The molecule has 0 fully saturated rings. The molecule has 1 aliphatic heterocycles. The normalized spacial score (nSPS) is 13.1. The number of phenols is 1. The lowest BCUT2D eigenvalue weighted by molar-refractivity contribution is -0.121. The summed E-state index contributed by atoms with van der Waals surface area (Å²) in [6, 6.07) is 0. The molecule has 0 aromatic heterocycles. The van der Waals surface area contributed by atoms with E-state index < -0.39 is 11.9 Å². The molecule has 1 heterocycles. The Hall–Kier alpha value is -3.03. The quantitative estimate of drug-likeness (QED) is 0.434. The van der Waals surface area contributed by atoms with Crippen molar-refractivity contribution in [1.82, 2.24) is 5.32 Å². The van der Waals surface area contributed by atoms with Crippen molar-refractivity contribution in [3.63, 3.8) is 0 Å². The number of phenolic OH excluding ortho intramolecular Hbond substituents is 1. The number of aromatic hydroxyl groups is 1. The molecule has 2 rings (SSSR count). The Kier molecular flexibility index (Phi) is 7.03. The molecule has 152 valence electrons. The zero-order valence-electron chi connectivity index (χ0n) is 16.4. The number of fused-ring (bicyclic) bond motifs is 1. The topological polar surface area (TPSA) is 128 Å². The van der Waals surface area contributed by atoms with Crippen LogP contribution in [0.15, 0.2) is 11.6 Å². The monoisotopic (exact) mass is 390 g/mol. The number of nitrogens with one attached hydrogen (secondary N) is 1. The van der Waals surface area contributed by atoms with Crippen molar-refractivity contribution in [2.24, 2.45) is 5.73 Å². The van der Waals surface area contributed by atoms with E-state index in [9.17, 15) is 19.5 Å². The molecule has 0 radical (unpaired) electrons. The number of allylic oxidation sites excluding steroid dienone is 2. The first-order valence-electron chi connectivity index (χ1n) is 9.05. The standard InChI is InChI=1S/C20H26N2O6/c1-11(5-7-16(24)22-9-8-15(21)23)4-6-13-18(25)17-14(10-28-20(17)26)12(2)19(13)27-3/h4,25H,5-10H2,1-3H3,(H2,21,23)(H,22,24). The number of primary amides is 1. The van der Waals surface area contributed by atoms with Crippen molar-refractivity contribution in [2.75, 3.05) is 13.7 Å². The number of nitrogens with two attached hydrogens (primary N) is 1. The first kappa shape index (κ1) is 21.3. The van der Waals surface area contributed by atoms with E-state index in [4.69, 9.17) is 15.2 Å². The van der Waals surface area contributed by atoms with Crippen LogP contribution < -0.4 is 15.8 Å². The van der Waals surface area contributed by atoms with Gasteiger partial charge in [-0.15, -0.1) is 0 Å². The largest absolute Gasteiger partial charge is 0.507 e. The van der Waals surface area contributed by atoms with Gasteiger partial charge in [-0.3, -0.25) is 9.59 Å². The highest BCUT2D eigenvalue weighted by Gasteiger charge is 2.31. The molecule has 0 saturated carbocycles. The van der Waals surface area contributed by atoms with Crippen LogP contribution in [0.25, 0.3) is 0 Å². The second-order valence-corrected chi connectivity index (χ2v) is 6.74. The molecule has 1 aromatic carbocycles. The van der Waals surface area contributed by atoms with Gasteiger partial charge in [0.1, 0.15) is 23.7 Å². The molecule has 0 unspecified atom stereocenters. The Morgan fingerprint density at radius 1 is 1.32 bits per heavy atom. The SMILES string of the molecule is COc1c(C)c2c(c(O)c1CC=C(C)CCC(=O)NCCC(N)=O)C(=O)OC2. The predicted octanol–water partition coefficient (Wildman–Crippen LogP) is 1.64. The molecule has 4 N–H and O–H groups in total. The van der Waals surface area contributed by atoms with Gasteiger partial charge in [-0.1, -0.05) is 11.6 Å². The van der Waals surface area contributed by atoms with Gasteiger partial charge in [0.15, 0.2) is 0 Å². The number of rotatable bonds is 9. The number of hydrogen-bond acceptors (Lipinski definition) is 6. The number of amides is 2. The third kappa shape index (κ3) is 4.82. The van der Waals surface area contributed by atoms with Crippen LogP contribution in [0.4, 0.5) is 0 Å². The number of ether oxygens (including phenoxy) is 2. The summed E-state index contributed by atoms with van der Waals surface area (Å²) >= 11 is 0. The molecule has 8 nitrogen and oxygen atoms in total. The van der Waals surface area contributed by atoms with Gasteiger partial charge < -0.3 is 25.6 Å². The van der Waals surface area contributed by atoms with Gasteiger partial charge in [0.25, 0.3) is 0 Å². The van der Waals surface area contributed by atoms with Crippen molar-refractivity contribution >= 4 is 17.8 Å². The Balaban J connectivity index is 2.06. The van der Waals surface area contributed by atoms with Gasteiger partial charge in [-0.05, 0) is 32.3 Å². The van der Waals surface area contributed by atoms with Crippen LogP contribution in [0.3, 0.4) is 0 Å². The maximum atomic E-state index is 11.9.